The first-order chi connectivity index (χ1) is 7.39. The molecule has 1 aliphatic heterocycles. The van der Waals surface area contributed by atoms with Crippen molar-refractivity contribution < 1.29 is 19.5 Å². The minimum absolute atomic E-state index is 0.0832. The Morgan fingerprint density at radius 3 is 2.69 bits per heavy atom. The highest BCUT2D eigenvalue weighted by molar-refractivity contribution is 6.06. The number of carbonyl (C=O) groups is 3. The van der Waals surface area contributed by atoms with Gasteiger partial charge in [-0.25, -0.2) is 0 Å². The van der Waals surface area contributed by atoms with E-state index < -0.39 is 17.4 Å². The Labute approximate surface area is 93.6 Å². The van der Waals surface area contributed by atoms with Crippen LogP contribution in [0.5, 0.6) is 0 Å². The lowest BCUT2D eigenvalue weighted by Gasteiger charge is -2.40. The Morgan fingerprint density at radius 1 is 1.50 bits per heavy atom. The minimum atomic E-state index is -1.01. The van der Waals surface area contributed by atoms with Gasteiger partial charge in [-0.3, -0.25) is 19.7 Å². The van der Waals surface area contributed by atoms with Gasteiger partial charge in [0.25, 0.3) is 5.91 Å². The fraction of sp³-hybridized carbons (Fsp3) is 0.700. The van der Waals surface area contributed by atoms with Crippen LogP contribution >= 0.6 is 0 Å². The Hall–Kier alpha value is -1.43. The van der Waals surface area contributed by atoms with Crippen LogP contribution < -0.4 is 5.32 Å². The van der Waals surface area contributed by atoms with Gasteiger partial charge in [0.1, 0.15) is 12.1 Å². The average molecular weight is 228 g/mol. The summed E-state index contributed by atoms with van der Waals surface area (Å²) in [5.74, 6) is -1.23. The molecule has 1 fully saturated rings. The van der Waals surface area contributed by atoms with Gasteiger partial charge in [-0.2, -0.15) is 0 Å². The molecule has 0 saturated carbocycles. The second-order valence-corrected chi connectivity index (χ2v) is 4.24. The van der Waals surface area contributed by atoms with Gasteiger partial charge in [-0.1, -0.05) is 0 Å². The summed E-state index contributed by atoms with van der Waals surface area (Å²) in [6, 6.07) is 0. The van der Waals surface area contributed by atoms with Crippen molar-refractivity contribution in [1.29, 1.82) is 0 Å². The Balaban J connectivity index is 2.79. The first-order valence-electron chi connectivity index (χ1n) is 5.15. The number of aliphatic hydroxyl groups is 1. The highest BCUT2D eigenvalue weighted by atomic mass is 16.3. The SMILES string of the molecule is CC1(C)C(=O)NC(=O)CN1C(=O)CCCO. The van der Waals surface area contributed by atoms with Gasteiger partial charge in [-0.15, -0.1) is 0 Å². The monoisotopic (exact) mass is 228 g/mol. The van der Waals surface area contributed by atoms with Crippen molar-refractivity contribution in [2.75, 3.05) is 13.2 Å². The van der Waals surface area contributed by atoms with E-state index in [4.69, 9.17) is 5.11 Å². The molecule has 0 atom stereocenters. The number of carbonyl (C=O) groups excluding carboxylic acids is 3. The molecule has 1 heterocycles. The van der Waals surface area contributed by atoms with E-state index in [1.54, 1.807) is 13.8 Å². The van der Waals surface area contributed by atoms with Crippen LogP contribution in [-0.2, 0) is 14.4 Å². The van der Waals surface area contributed by atoms with E-state index >= 15 is 0 Å². The lowest BCUT2D eigenvalue weighted by molar-refractivity contribution is -0.155. The maximum absolute atomic E-state index is 11.7. The zero-order valence-corrected chi connectivity index (χ0v) is 9.45. The summed E-state index contributed by atoms with van der Waals surface area (Å²) in [5, 5.41) is 10.8. The average Bonchev–Trinajstić information content (AvgIpc) is 2.20. The summed E-state index contributed by atoms with van der Waals surface area (Å²) in [5.41, 5.74) is -1.01. The number of hydrogen-bond acceptors (Lipinski definition) is 4. The van der Waals surface area contributed by atoms with E-state index in [1.165, 1.54) is 4.90 Å². The number of imide groups is 1. The van der Waals surface area contributed by atoms with E-state index in [1.807, 2.05) is 0 Å². The third-order valence-electron chi connectivity index (χ3n) is 2.63. The summed E-state index contributed by atoms with van der Waals surface area (Å²) < 4.78 is 0. The van der Waals surface area contributed by atoms with E-state index in [-0.39, 0.29) is 25.5 Å². The smallest absolute Gasteiger partial charge is 0.252 e. The van der Waals surface area contributed by atoms with Crippen LogP contribution in [0.15, 0.2) is 0 Å². The van der Waals surface area contributed by atoms with Crippen molar-refractivity contribution in [3.05, 3.63) is 0 Å². The molecule has 1 rings (SSSR count). The molecule has 0 unspecified atom stereocenters. The maximum Gasteiger partial charge on any atom is 0.252 e. The molecular weight excluding hydrogens is 212 g/mol. The van der Waals surface area contributed by atoms with Crippen molar-refractivity contribution in [2.45, 2.75) is 32.2 Å². The van der Waals surface area contributed by atoms with E-state index in [2.05, 4.69) is 5.32 Å². The van der Waals surface area contributed by atoms with Crippen LogP contribution in [0.3, 0.4) is 0 Å². The molecule has 2 N–H and O–H groups in total. The van der Waals surface area contributed by atoms with Gasteiger partial charge in [0.2, 0.25) is 11.8 Å². The van der Waals surface area contributed by atoms with E-state index in [9.17, 15) is 14.4 Å². The number of rotatable bonds is 3. The molecule has 1 saturated heterocycles. The van der Waals surface area contributed by atoms with Gasteiger partial charge >= 0.3 is 0 Å². The second kappa shape index (κ2) is 4.61. The molecular formula is C10H16N2O4. The van der Waals surface area contributed by atoms with Crippen LogP contribution in [0.4, 0.5) is 0 Å². The molecule has 0 aromatic rings. The number of nitrogens with zero attached hydrogens (tertiary/aromatic N) is 1. The molecule has 90 valence electrons. The fourth-order valence-electron chi connectivity index (χ4n) is 1.55. The van der Waals surface area contributed by atoms with Crippen LogP contribution in [0, 0.1) is 0 Å². The predicted molar refractivity (Wildman–Crippen MR) is 55.3 cm³/mol. The largest absolute Gasteiger partial charge is 0.396 e. The van der Waals surface area contributed by atoms with Crippen LogP contribution in [0.2, 0.25) is 0 Å². The van der Waals surface area contributed by atoms with Crippen molar-refractivity contribution in [2.24, 2.45) is 0 Å². The van der Waals surface area contributed by atoms with Gasteiger partial charge in [0, 0.05) is 13.0 Å². The predicted octanol–water partition coefficient (Wildman–Crippen LogP) is -0.977. The number of hydrogen-bond donors (Lipinski definition) is 2. The molecule has 0 aromatic heterocycles. The lowest BCUT2D eigenvalue weighted by Crippen LogP contribution is -2.65. The number of piperazine rings is 1. The van der Waals surface area contributed by atoms with Crippen LogP contribution in [0.25, 0.3) is 0 Å². The second-order valence-electron chi connectivity index (χ2n) is 4.24. The number of aliphatic hydroxyl groups excluding tert-OH is 1. The van der Waals surface area contributed by atoms with Crippen molar-refractivity contribution >= 4 is 17.7 Å². The molecule has 0 aromatic carbocycles. The molecule has 6 nitrogen and oxygen atoms in total. The molecule has 6 heteroatoms. The Kier molecular flexibility index (Phi) is 3.64. The standard InChI is InChI=1S/C10H16N2O4/c1-10(2)9(16)11-7(14)6-12(10)8(15)4-3-5-13/h13H,3-6H2,1-2H3,(H,11,14,16). The molecule has 0 aliphatic carbocycles. The summed E-state index contributed by atoms with van der Waals surface area (Å²) in [7, 11) is 0. The highest BCUT2D eigenvalue weighted by Gasteiger charge is 2.42. The summed E-state index contributed by atoms with van der Waals surface area (Å²) in [6.07, 6.45) is 0.474. The third kappa shape index (κ3) is 2.38. The lowest BCUT2D eigenvalue weighted by atomic mass is 9.98. The van der Waals surface area contributed by atoms with Crippen LogP contribution in [-0.4, -0.2) is 46.4 Å². The first kappa shape index (κ1) is 12.6. The zero-order valence-electron chi connectivity index (χ0n) is 9.45. The highest BCUT2D eigenvalue weighted by Crippen LogP contribution is 2.19. The normalized spacial score (nSPS) is 19.6. The number of amides is 3. The molecule has 3 amide bonds. The first-order valence-corrected chi connectivity index (χ1v) is 5.15. The van der Waals surface area contributed by atoms with Crippen molar-refractivity contribution in [1.82, 2.24) is 10.2 Å². The summed E-state index contributed by atoms with van der Waals surface area (Å²) >= 11 is 0. The van der Waals surface area contributed by atoms with Crippen LogP contribution in [0.1, 0.15) is 26.7 Å². The summed E-state index contributed by atoms with van der Waals surface area (Å²) in [6.45, 7) is 2.99. The Morgan fingerprint density at radius 2 is 2.12 bits per heavy atom. The molecule has 16 heavy (non-hydrogen) atoms. The van der Waals surface area contributed by atoms with E-state index in [0.29, 0.717) is 6.42 Å². The van der Waals surface area contributed by atoms with Gasteiger partial charge in [-0.05, 0) is 20.3 Å². The molecule has 0 radical (unpaired) electrons. The fourth-order valence-corrected chi connectivity index (χ4v) is 1.55. The molecule has 1 aliphatic rings. The topological polar surface area (TPSA) is 86.7 Å². The summed E-state index contributed by atoms with van der Waals surface area (Å²) in [4.78, 5) is 35.7. The number of nitrogens with one attached hydrogen (secondary N) is 1. The minimum Gasteiger partial charge on any atom is -0.396 e. The van der Waals surface area contributed by atoms with Crippen molar-refractivity contribution in [3.8, 4) is 0 Å². The Bertz CT molecular complexity index is 325. The zero-order chi connectivity index (χ0) is 12.3. The van der Waals surface area contributed by atoms with Gasteiger partial charge in [0.05, 0.1) is 0 Å². The van der Waals surface area contributed by atoms with Crippen molar-refractivity contribution in [3.63, 3.8) is 0 Å². The quantitative estimate of drug-likeness (QED) is 0.608. The van der Waals surface area contributed by atoms with Gasteiger partial charge < -0.3 is 10.0 Å². The van der Waals surface area contributed by atoms with E-state index in [0.717, 1.165) is 0 Å². The maximum atomic E-state index is 11.7. The third-order valence-corrected chi connectivity index (χ3v) is 2.63. The van der Waals surface area contributed by atoms with Gasteiger partial charge in [0.15, 0.2) is 0 Å². The molecule has 0 bridgehead atoms. The molecule has 0 spiro atoms.